The zero-order chi connectivity index (χ0) is 13.7. The number of ether oxygens (including phenoxy) is 3. The van der Waals surface area contributed by atoms with E-state index in [4.69, 9.17) is 14.2 Å². The lowest BCUT2D eigenvalue weighted by atomic mass is 9.87. The van der Waals surface area contributed by atoms with E-state index in [0.29, 0.717) is 19.8 Å². The molecular formula is C15H20O4. The average molecular weight is 264 g/mol. The van der Waals surface area contributed by atoms with Gasteiger partial charge in [0.2, 0.25) is 0 Å². The quantitative estimate of drug-likeness (QED) is 0.784. The molecule has 1 aliphatic rings. The Bertz CT molecular complexity index is 407. The number of carbonyl (C=O) groups is 1. The highest BCUT2D eigenvalue weighted by atomic mass is 16.7. The highest BCUT2D eigenvalue weighted by molar-refractivity contribution is 5.65. The molecule has 1 aromatic rings. The molecule has 104 valence electrons. The maximum absolute atomic E-state index is 10.9. The van der Waals surface area contributed by atoms with Gasteiger partial charge in [-0.25, -0.2) is 0 Å². The van der Waals surface area contributed by atoms with E-state index in [0.717, 1.165) is 12.0 Å². The smallest absolute Gasteiger partial charge is 0.302 e. The molecule has 0 bridgehead atoms. The Kier molecular flexibility index (Phi) is 4.56. The number of hydrogen-bond acceptors (Lipinski definition) is 4. The standard InChI is InChI=1S/C15H20O4/c1-3-15(9-17-12(2)16)10-18-14(19-11-15)13-7-5-4-6-8-13/h4-8,14H,3,9-11H2,1-2H3. The van der Waals surface area contributed by atoms with Crippen LogP contribution >= 0.6 is 0 Å². The van der Waals surface area contributed by atoms with Gasteiger partial charge in [-0.05, 0) is 6.42 Å². The molecule has 0 radical (unpaired) electrons. The van der Waals surface area contributed by atoms with Crippen LogP contribution in [0.4, 0.5) is 0 Å². The van der Waals surface area contributed by atoms with Crippen LogP contribution in [0, 0.1) is 5.41 Å². The van der Waals surface area contributed by atoms with E-state index in [1.807, 2.05) is 30.3 Å². The van der Waals surface area contributed by atoms with Gasteiger partial charge in [0.1, 0.15) is 6.61 Å². The maximum atomic E-state index is 10.9. The van der Waals surface area contributed by atoms with Crippen molar-refractivity contribution in [2.45, 2.75) is 26.6 Å². The van der Waals surface area contributed by atoms with Crippen molar-refractivity contribution in [3.63, 3.8) is 0 Å². The fraction of sp³-hybridized carbons (Fsp3) is 0.533. The monoisotopic (exact) mass is 264 g/mol. The second kappa shape index (κ2) is 6.17. The largest absolute Gasteiger partial charge is 0.465 e. The first kappa shape index (κ1) is 14.0. The molecule has 4 nitrogen and oxygen atoms in total. The summed E-state index contributed by atoms with van der Waals surface area (Å²) in [6.07, 6.45) is 0.528. The number of carbonyl (C=O) groups excluding carboxylic acids is 1. The fourth-order valence-corrected chi connectivity index (χ4v) is 2.04. The van der Waals surface area contributed by atoms with Crippen LogP contribution in [0.3, 0.4) is 0 Å². The molecule has 19 heavy (non-hydrogen) atoms. The van der Waals surface area contributed by atoms with Crippen LogP contribution in [-0.2, 0) is 19.0 Å². The molecule has 4 heteroatoms. The summed E-state index contributed by atoms with van der Waals surface area (Å²) in [4.78, 5) is 10.9. The summed E-state index contributed by atoms with van der Waals surface area (Å²) in [5.41, 5.74) is 0.788. The van der Waals surface area contributed by atoms with E-state index >= 15 is 0 Å². The average Bonchev–Trinajstić information content (AvgIpc) is 2.47. The molecule has 0 aromatic heterocycles. The van der Waals surface area contributed by atoms with Gasteiger partial charge in [0.15, 0.2) is 6.29 Å². The lowest BCUT2D eigenvalue weighted by Gasteiger charge is -2.38. The van der Waals surface area contributed by atoms with Crippen molar-refractivity contribution < 1.29 is 19.0 Å². The second-order valence-corrected chi connectivity index (χ2v) is 5.00. The highest BCUT2D eigenvalue weighted by Gasteiger charge is 2.37. The van der Waals surface area contributed by atoms with Gasteiger partial charge in [0.05, 0.1) is 18.6 Å². The number of hydrogen-bond donors (Lipinski definition) is 0. The molecule has 1 heterocycles. The normalized spacial score (nSPS) is 26.9. The fourth-order valence-electron chi connectivity index (χ4n) is 2.04. The number of benzene rings is 1. The van der Waals surface area contributed by atoms with Gasteiger partial charge < -0.3 is 14.2 Å². The zero-order valence-electron chi connectivity index (χ0n) is 11.4. The zero-order valence-corrected chi connectivity index (χ0v) is 11.4. The van der Waals surface area contributed by atoms with Gasteiger partial charge in [-0.3, -0.25) is 4.79 Å². The summed E-state index contributed by atoms with van der Waals surface area (Å²) in [6.45, 7) is 4.90. The molecule has 2 rings (SSSR count). The Hall–Kier alpha value is -1.39. The van der Waals surface area contributed by atoms with Crippen LogP contribution in [0.15, 0.2) is 30.3 Å². The van der Waals surface area contributed by atoms with Crippen molar-refractivity contribution in [2.24, 2.45) is 5.41 Å². The van der Waals surface area contributed by atoms with Crippen LogP contribution in [0.5, 0.6) is 0 Å². The molecule has 0 amide bonds. The van der Waals surface area contributed by atoms with Crippen molar-refractivity contribution in [3.05, 3.63) is 35.9 Å². The lowest BCUT2D eigenvalue weighted by molar-refractivity contribution is -0.243. The molecule has 0 aliphatic carbocycles. The lowest BCUT2D eigenvalue weighted by Crippen LogP contribution is -2.42. The van der Waals surface area contributed by atoms with Gasteiger partial charge in [0.25, 0.3) is 0 Å². The third-order valence-corrected chi connectivity index (χ3v) is 3.49. The Labute approximate surface area is 113 Å². The van der Waals surface area contributed by atoms with Crippen molar-refractivity contribution in [1.82, 2.24) is 0 Å². The summed E-state index contributed by atoms with van der Waals surface area (Å²) in [7, 11) is 0. The number of esters is 1. The topological polar surface area (TPSA) is 44.8 Å². The van der Waals surface area contributed by atoms with E-state index in [1.165, 1.54) is 6.92 Å². The summed E-state index contributed by atoms with van der Waals surface area (Å²) in [5, 5.41) is 0. The predicted octanol–water partition coefficient (Wildman–Crippen LogP) is 2.69. The first-order valence-electron chi connectivity index (χ1n) is 6.57. The van der Waals surface area contributed by atoms with Crippen LogP contribution in [0.25, 0.3) is 0 Å². The van der Waals surface area contributed by atoms with Gasteiger partial charge in [-0.2, -0.15) is 0 Å². The molecule has 0 unspecified atom stereocenters. The van der Waals surface area contributed by atoms with E-state index in [-0.39, 0.29) is 17.7 Å². The third-order valence-electron chi connectivity index (χ3n) is 3.49. The summed E-state index contributed by atoms with van der Waals surface area (Å²) in [6, 6.07) is 9.85. The molecule has 1 aromatic carbocycles. The Morgan fingerprint density at radius 1 is 1.32 bits per heavy atom. The first-order valence-corrected chi connectivity index (χ1v) is 6.57. The molecular weight excluding hydrogens is 244 g/mol. The van der Waals surface area contributed by atoms with Crippen LogP contribution in [-0.4, -0.2) is 25.8 Å². The summed E-state index contributed by atoms with van der Waals surface area (Å²) in [5.74, 6) is -0.266. The molecule has 1 aliphatic heterocycles. The maximum Gasteiger partial charge on any atom is 0.302 e. The van der Waals surface area contributed by atoms with Gasteiger partial charge in [-0.1, -0.05) is 37.3 Å². The SMILES string of the molecule is CCC1(COC(C)=O)COC(c2ccccc2)OC1. The molecule has 0 spiro atoms. The van der Waals surface area contributed by atoms with Gasteiger partial charge >= 0.3 is 5.97 Å². The molecule has 1 fully saturated rings. The Morgan fingerprint density at radius 3 is 2.47 bits per heavy atom. The van der Waals surface area contributed by atoms with E-state index in [1.54, 1.807) is 0 Å². The van der Waals surface area contributed by atoms with Crippen LogP contribution < -0.4 is 0 Å². The molecule has 0 N–H and O–H groups in total. The number of rotatable bonds is 4. The van der Waals surface area contributed by atoms with E-state index in [2.05, 4.69) is 6.92 Å². The minimum Gasteiger partial charge on any atom is -0.465 e. The highest BCUT2D eigenvalue weighted by Crippen LogP contribution is 2.34. The van der Waals surface area contributed by atoms with Crippen molar-refractivity contribution in [2.75, 3.05) is 19.8 Å². The van der Waals surface area contributed by atoms with Crippen molar-refractivity contribution >= 4 is 5.97 Å². The van der Waals surface area contributed by atoms with E-state index in [9.17, 15) is 4.79 Å². The van der Waals surface area contributed by atoms with E-state index < -0.39 is 0 Å². The van der Waals surface area contributed by atoms with Gasteiger partial charge in [0, 0.05) is 12.5 Å². The summed E-state index contributed by atoms with van der Waals surface area (Å²) >= 11 is 0. The summed E-state index contributed by atoms with van der Waals surface area (Å²) < 4.78 is 16.7. The minimum absolute atomic E-state index is 0.225. The predicted molar refractivity (Wildman–Crippen MR) is 70.4 cm³/mol. The van der Waals surface area contributed by atoms with Crippen molar-refractivity contribution in [1.29, 1.82) is 0 Å². The van der Waals surface area contributed by atoms with Gasteiger partial charge in [-0.15, -0.1) is 0 Å². The van der Waals surface area contributed by atoms with Crippen LogP contribution in [0.2, 0.25) is 0 Å². The first-order chi connectivity index (χ1) is 9.15. The Morgan fingerprint density at radius 2 is 1.95 bits per heavy atom. The molecule has 0 atom stereocenters. The second-order valence-electron chi connectivity index (χ2n) is 5.00. The third kappa shape index (κ3) is 3.55. The molecule has 0 saturated carbocycles. The molecule has 1 saturated heterocycles. The van der Waals surface area contributed by atoms with Crippen LogP contribution in [0.1, 0.15) is 32.1 Å². The minimum atomic E-state index is -0.321. The Balaban J connectivity index is 1.95. The van der Waals surface area contributed by atoms with Crippen molar-refractivity contribution in [3.8, 4) is 0 Å².